The average molecular weight is 408 g/mol. The number of carbonyl (C=O) groups excluding carboxylic acids is 1. The molecule has 2 aromatic carbocycles. The smallest absolute Gasteiger partial charge is 0.243 e. The molecular weight excluding hydrogens is 374 g/mol. The fourth-order valence-electron chi connectivity index (χ4n) is 3.76. The second-order valence-corrected chi connectivity index (χ2v) is 8.97. The first-order chi connectivity index (χ1) is 14.2. The molecule has 0 spiro atoms. The molecule has 2 aromatic rings. The van der Waals surface area contributed by atoms with Crippen LogP contribution in [0.2, 0.25) is 0 Å². The molecule has 160 valence electrons. The number of amides is 1. The number of hydrazone groups is 1. The van der Waals surface area contributed by atoms with Gasteiger partial charge in [0.05, 0.1) is 6.21 Å². The largest absolute Gasteiger partial charge is 0.507 e. The minimum Gasteiger partial charge on any atom is -0.507 e. The van der Waals surface area contributed by atoms with Crippen LogP contribution in [-0.4, -0.2) is 30.3 Å². The Bertz CT molecular complexity index is 909. The molecule has 2 unspecified atom stereocenters. The zero-order valence-corrected chi connectivity index (χ0v) is 18.6. The Labute approximate surface area is 179 Å². The molecule has 0 bridgehead atoms. The Morgan fingerprint density at radius 3 is 2.40 bits per heavy atom. The molecule has 5 heteroatoms. The molecule has 0 aromatic heterocycles. The first-order valence-corrected chi connectivity index (χ1v) is 10.8. The van der Waals surface area contributed by atoms with Gasteiger partial charge in [-0.05, 0) is 54.9 Å². The Balaban J connectivity index is 1.56. The van der Waals surface area contributed by atoms with Gasteiger partial charge in [-0.1, -0.05) is 45.0 Å². The number of hydrogen-bond acceptors (Lipinski definition) is 4. The molecule has 2 atom stereocenters. The molecular formula is C25H33N3O2. The van der Waals surface area contributed by atoms with E-state index in [4.69, 9.17) is 0 Å². The molecule has 0 aliphatic heterocycles. The van der Waals surface area contributed by atoms with Gasteiger partial charge in [0.2, 0.25) is 5.91 Å². The van der Waals surface area contributed by atoms with Gasteiger partial charge >= 0.3 is 0 Å². The number of hydrogen-bond donors (Lipinski definition) is 2. The maximum atomic E-state index is 12.4. The number of phenolic OH excluding ortho intramolecular Hbond substituents is 1. The van der Waals surface area contributed by atoms with E-state index in [9.17, 15) is 9.90 Å². The van der Waals surface area contributed by atoms with E-state index >= 15 is 0 Å². The van der Waals surface area contributed by atoms with Gasteiger partial charge in [-0.15, -0.1) is 0 Å². The van der Waals surface area contributed by atoms with Crippen LogP contribution >= 0.6 is 0 Å². The molecule has 0 heterocycles. The minimum absolute atomic E-state index is 0.0405. The molecule has 0 radical (unpaired) electrons. The lowest BCUT2D eigenvalue weighted by Crippen LogP contribution is -2.21. The summed E-state index contributed by atoms with van der Waals surface area (Å²) in [5.41, 5.74) is 6.80. The third-order valence-electron chi connectivity index (χ3n) is 5.85. The maximum Gasteiger partial charge on any atom is 0.243 e. The summed E-state index contributed by atoms with van der Waals surface area (Å²) in [6, 6.07) is 14.1. The molecule has 1 fully saturated rings. The summed E-state index contributed by atoms with van der Waals surface area (Å²) in [6.07, 6.45) is 2.34. The number of rotatable bonds is 7. The van der Waals surface area contributed by atoms with Crippen molar-refractivity contribution in [2.75, 3.05) is 18.0 Å². The van der Waals surface area contributed by atoms with Gasteiger partial charge in [0.1, 0.15) is 5.75 Å². The fourth-order valence-corrected chi connectivity index (χ4v) is 3.76. The van der Waals surface area contributed by atoms with E-state index in [1.54, 1.807) is 6.07 Å². The second kappa shape index (κ2) is 8.90. The number of nitrogens with one attached hydrogen (secondary N) is 1. The van der Waals surface area contributed by atoms with Gasteiger partial charge in [-0.3, -0.25) is 4.79 Å². The van der Waals surface area contributed by atoms with E-state index < -0.39 is 0 Å². The quantitative estimate of drug-likeness (QED) is 0.512. The van der Waals surface area contributed by atoms with Crippen molar-refractivity contribution in [3.05, 3.63) is 59.2 Å². The van der Waals surface area contributed by atoms with Gasteiger partial charge in [-0.25, -0.2) is 5.43 Å². The van der Waals surface area contributed by atoms with Crippen LogP contribution in [0, 0.1) is 5.92 Å². The van der Waals surface area contributed by atoms with Crippen LogP contribution < -0.4 is 10.3 Å². The van der Waals surface area contributed by atoms with Crippen molar-refractivity contribution in [1.82, 2.24) is 5.43 Å². The molecule has 1 aliphatic carbocycles. The van der Waals surface area contributed by atoms with E-state index in [-0.39, 0.29) is 28.9 Å². The highest BCUT2D eigenvalue weighted by molar-refractivity contribution is 5.87. The van der Waals surface area contributed by atoms with Crippen LogP contribution in [0.15, 0.2) is 47.6 Å². The minimum atomic E-state index is -0.0737. The van der Waals surface area contributed by atoms with Crippen molar-refractivity contribution in [3.63, 3.8) is 0 Å². The predicted molar refractivity (Wildman–Crippen MR) is 123 cm³/mol. The van der Waals surface area contributed by atoms with E-state index in [1.807, 2.05) is 12.1 Å². The number of benzene rings is 2. The Morgan fingerprint density at radius 2 is 1.83 bits per heavy atom. The summed E-state index contributed by atoms with van der Waals surface area (Å²) in [6.45, 7) is 12.5. The lowest BCUT2D eigenvalue weighted by molar-refractivity contribution is -0.122. The lowest BCUT2D eigenvalue weighted by Gasteiger charge is -2.21. The SMILES string of the molecule is CCN(CC)c1ccc(/C=N\NC(=O)C2CC2c2ccc(C(C)(C)C)cc2)c(O)c1. The van der Waals surface area contributed by atoms with E-state index in [2.05, 4.69) is 74.3 Å². The van der Waals surface area contributed by atoms with Crippen molar-refractivity contribution in [1.29, 1.82) is 0 Å². The summed E-state index contributed by atoms with van der Waals surface area (Å²) < 4.78 is 0. The van der Waals surface area contributed by atoms with Gasteiger partial charge in [0.15, 0.2) is 0 Å². The van der Waals surface area contributed by atoms with Crippen LogP contribution in [0.4, 0.5) is 5.69 Å². The number of nitrogens with zero attached hydrogens (tertiary/aromatic N) is 2. The highest BCUT2D eigenvalue weighted by Gasteiger charge is 2.44. The molecule has 3 rings (SSSR count). The average Bonchev–Trinajstić information content (AvgIpc) is 3.51. The number of aromatic hydroxyl groups is 1. The van der Waals surface area contributed by atoms with Gasteiger partial charge in [0.25, 0.3) is 0 Å². The van der Waals surface area contributed by atoms with Crippen LogP contribution in [-0.2, 0) is 10.2 Å². The van der Waals surface area contributed by atoms with E-state index in [1.165, 1.54) is 17.3 Å². The Kier molecular flexibility index (Phi) is 6.49. The standard InChI is InChI=1S/C25H33N3O2/c1-6-28(7-2)20-13-10-18(23(29)14-20)16-26-27-24(30)22-15-21(22)17-8-11-19(12-9-17)25(3,4)5/h8-14,16,21-22,29H,6-7,15H2,1-5H3,(H,27,30)/b26-16-. The molecule has 1 aliphatic rings. The Morgan fingerprint density at radius 1 is 1.17 bits per heavy atom. The number of phenols is 1. The summed E-state index contributed by atoms with van der Waals surface area (Å²) in [5, 5.41) is 14.3. The molecule has 0 saturated heterocycles. The second-order valence-electron chi connectivity index (χ2n) is 8.97. The van der Waals surface area contributed by atoms with E-state index in [0.29, 0.717) is 5.56 Å². The molecule has 2 N–H and O–H groups in total. The van der Waals surface area contributed by atoms with Gasteiger partial charge in [0, 0.05) is 36.3 Å². The highest BCUT2D eigenvalue weighted by atomic mass is 16.3. The van der Waals surface area contributed by atoms with Crippen molar-refractivity contribution in [3.8, 4) is 5.75 Å². The molecule has 5 nitrogen and oxygen atoms in total. The number of anilines is 1. The predicted octanol–water partition coefficient (Wildman–Crippen LogP) is 4.79. The Hall–Kier alpha value is -2.82. The van der Waals surface area contributed by atoms with Crippen molar-refractivity contribution in [2.45, 2.75) is 52.4 Å². The number of carbonyl (C=O) groups is 1. The lowest BCUT2D eigenvalue weighted by atomic mass is 9.86. The summed E-state index contributed by atoms with van der Waals surface area (Å²) in [7, 11) is 0. The van der Waals surface area contributed by atoms with Crippen LogP contribution in [0.5, 0.6) is 5.75 Å². The van der Waals surface area contributed by atoms with Crippen molar-refractivity contribution in [2.24, 2.45) is 11.0 Å². The van der Waals surface area contributed by atoms with Crippen LogP contribution in [0.25, 0.3) is 0 Å². The van der Waals surface area contributed by atoms with Crippen LogP contribution in [0.1, 0.15) is 63.6 Å². The monoisotopic (exact) mass is 407 g/mol. The normalized spacial score (nSPS) is 18.4. The summed E-state index contributed by atoms with van der Waals surface area (Å²) in [5.74, 6) is 0.299. The van der Waals surface area contributed by atoms with Crippen molar-refractivity contribution >= 4 is 17.8 Å². The summed E-state index contributed by atoms with van der Waals surface area (Å²) in [4.78, 5) is 14.6. The molecule has 1 saturated carbocycles. The van der Waals surface area contributed by atoms with Crippen LogP contribution in [0.3, 0.4) is 0 Å². The summed E-state index contributed by atoms with van der Waals surface area (Å²) >= 11 is 0. The molecule has 30 heavy (non-hydrogen) atoms. The first kappa shape index (κ1) is 21.9. The zero-order valence-electron chi connectivity index (χ0n) is 18.6. The first-order valence-electron chi connectivity index (χ1n) is 10.8. The van der Waals surface area contributed by atoms with Crippen molar-refractivity contribution < 1.29 is 9.90 Å². The highest BCUT2D eigenvalue weighted by Crippen LogP contribution is 2.47. The van der Waals surface area contributed by atoms with Gasteiger partial charge in [-0.2, -0.15) is 5.10 Å². The molecule has 1 amide bonds. The third-order valence-corrected chi connectivity index (χ3v) is 5.85. The maximum absolute atomic E-state index is 12.4. The fraction of sp³-hybridized carbons (Fsp3) is 0.440. The third kappa shape index (κ3) is 5.02. The van der Waals surface area contributed by atoms with Gasteiger partial charge < -0.3 is 10.0 Å². The van der Waals surface area contributed by atoms with E-state index in [0.717, 1.165) is 25.2 Å². The zero-order chi connectivity index (χ0) is 21.9. The topological polar surface area (TPSA) is 64.9 Å².